The number of carbonyl (C=O) groups excluding carboxylic acids is 2. The third-order valence-electron chi connectivity index (χ3n) is 8.83. The first-order chi connectivity index (χ1) is 12.8. The summed E-state index contributed by atoms with van der Waals surface area (Å²) in [6.07, 6.45) is 13.4. The molecule has 4 aliphatic rings. The summed E-state index contributed by atoms with van der Waals surface area (Å²) in [5.74, 6) is 3.20. The zero-order valence-electron chi connectivity index (χ0n) is 17.3. The third kappa shape index (κ3) is 2.93. The molecular formula is C24H34O3. The zero-order valence-corrected chi connectivity index (χ0v) is 17.3. The molecule has 2 fully saturated rings. The number of fused-ring (bicyclic) bond motifs is 5. The van der Waals surface area contributed by atoms with Gasteiger partial charge in [-0.15, -0.1) is 0 Å². The first kappa shape index (κ1) is 19.0. The van der Waals surface area contributed by atoms with E-state index in [-0.39, 0.29) is 11.4 Å². The van der Waals surface area contributed by atoms with Crippen LogP contribution in [0.15, 0.2) is 23.8 Å². The Kier molecular flexibility index (Phi) is 4.63. The SMILES string of the molecule is CC(=O)OC[C@@H](C)C1CCC2C3C=CC4=CC(=O)CC[C@]4(C)C3CC[C@@]21C. The first-order valence-corrected chi connectivity index (χ1v) is 10.8. The van der Waals surface area contributed by atoms with Crippen LogP contribution in [-0.2, 0) is 14.3 Å². The summed E-state index contributed by atoms with van der Waals surface area (Å²) in [4.78, 5) is 23.2. The van der Waals surface area contributed by atoms with Crippen LogP contribution in [0.2, 0.25) is 0 Å². The molecule has 0 N–H and O–H groups in total. The highest BCUT2D eigenvalue weighted by atomic mass is 16.5. The van der Waals surface area contributed by atoms with E-state index in [1.807, 2.05) is 6.08 Å². The Labute approximate surface area is 163 Å². The van der Waals surface area contributed by atoms with Gasteiger partial charge < -0.3 is 4.74 Å². The molecule has 0 aliphatic heterocycles. The Hall–Kier alpha value is -1.38. The second-order valence-corrected chi connectivity index (χ2v) is 10.1. The minimum Gasteiger partial charge on any atom is -0.466 e. The maximum absolute atomic E-state index is 11.9. The largest absolute Gasteiger partial charge is 0.466 e. The molecule has 7 atom stereocenters. The maximum Gasteiger partial charge on any atom is 0.302 e. The third-order valence-corrected chi connectivity index (χ3v) is 8.83. The molecule has 4 unspecified atom stereocenters. The quantitative estimate of drug-likeness (QED) is 0.648. The molecule has 0 saturated heterocycles. The fraction of sp³-hybridized carbons (Fsp3) is 0.750. The zero-order chi connectivity index (χ0) is 19.4. The monoisotopic (exact) mass is 370 g/mol. The van der Waals surface area contributed by atoms with Crippen molar-refractivity contribution < 1.29 is 14.3 Å². The van der Waals surface area contributed by atoms with E-state index < -0.39 is 0 Å². The second kappa shape index (κ2) is 6.60. The summed E-state index contributed by atoms with van der Waals surface area (Å²) in [5.41, 5.74) is 1.80. The second-order valence-electron chi connectivity index (χ2n) is 10.1. The molecule has 4 rings (SSSR count). The number of ketones is 1. The number of hydrogen-bond donors (Lipinski definition) is 0. The molecule has 0 amide bonds. The van der Waals surface area contributed by atoms with Gasteiger partial charge in [-0.2, -0.15) is 0 Å². The highest BCUT2D eigenvalue weighted by Crippen LogP contribution is 2.66. The number of carbonyl (C=O) groups is 2. The molecule has 0 aromatic heterocycles. The van der Waals surface area contributed by atoms with Crippen molar-refractivity contribution in [3.63, 3.8) is 0 Å². The van der Waals surface area contributed by atoms with E-state index >= 15 is 0 Å². The van der Waals surface area contributed by atoms with Crippen LogP contribution >= 0.6 is 0 Å². The van der Waals surface area contributed by atoms with Crippen molar-refractivity contribution in [3.05, 3.63) is 23.8 Å². The Morgan fingerprint density at radius 3 is 2.74 bits per heavy atom. The van der Waals surface area contributed by atoms with Crippen LogP contribution < -0.4 is 0 Å². The normalized spacial score (nSPS) is 44.0. The predicted octanol–water partition coefficient (Wildman–Crippen LogP) is 5.11. The van der Waals surface area contributed by atoms with Gasteiger partial charge in [0.25, 0.3) is 0 Å². The lowest BCUT2D eigenvalue weighted by Crippen LogP contribution is -2.49. The molecule has 3 nitrogen and oxygen atoms in total. The lowest BCUT2D eigenvalue weighted by atomic mass is 9.48. The molecule has 0 aromatic rings. The average molecular weight is 371 g/mol. The summed E-state index contributed by atoms with van der Waals surface area (Å²) < 4.78 is 5.35. The maximum atomic E-state index is 11.9. The predicted molar refractivity (Wildman–Crippen MR) is 106 cm³/mol. The highest BCUT2D eigenvalue weighted by molar-refractivity contribution is 5.92. The van der Waals surface area contributed by atoms with Crippen molar-refractivity contribution in [2.75, 3.05) is 6.61 Å². The van der Waals surface area contributed by atoms with Crippen LogP contribution in [0.25, 0.3) is 0 Å². The van der Waals surface area contributed by atoms with Gasteiger partial charge in [-0.1, -0.05) is 32.9 Å². The molecule has 2 saturated carbocycles. The van der Waals surface area contributed by atoms with E-state index in [4.69, 9.17) is 4.74 Å². The van der Waals surface area contributed by atoms with Gasteiger partial charge in [0.2, 0.25) is 0 Å². The van der Waals surface area contributed by atoms with E-state index in [2.05, 4.69) is 32.9 Å². The molecule has 0 spiro atoms. The topological polar surface area (TPSA) is 43.4 Å². The summed E-state index contributed by atoms with van der Waals surface area (Å²) in [6.45, 7) is 9.23. The minimum atomic E-state index is -0.167. The summed E-state index contributed by atoms with van der Waals surface area (Å²) in [6, 6.07) is 0. The van der Waals surface area contributed by atoms with Gasteiger partial charge in [0.05, 0.1) is 6.61 Å². The molecule has 3 heteroatoms. The standard InChI is InChI=1S/C24H34O3/c1-15(14-27-16(2)25)20-7-8-21-19-6-5-17-13-18(26)9-11-23(17,3)22(19)10-12-24(20,21)4/h5-6,13,15,19-22H,7-12,14H2,1-4H3/t15-,19?,20?,21?,22?,23+,24-/m1/s1. The van der Waals surface area contributed by atoms with Crippen LogP contribution in [0, 0.1) is 40.4 Å². The van der Waals surface area contributed by atoms with Crippen molar-refractivity contribution >= 4 is 11.8 Å². The van der Waals surface area contributed by atoms with Crippen LogP contribution in [0.1, 0.15) is 66.2 Å². The Morgan fingerprint density at radius 1 is 1.22 bits per heavy atom. The van der Waals surface area contributed by atoms with Crippen molar-refractivity contribution in [1.82, 2.24) is 0 Å². The first-order valence-electron chi connectivity index (χ1n) is 10.8. The lowest BCUT2D eigenvalue weighted by Gasteiger charge is -2.56. The molecular weight excluding hydrogens is 336 g/mol. The van der Waals surface area contributed by atoms with E-state index in [0.29, 0.717) is 53.8 Å². The van der Waals surface area contributed by atoms with Crippen LogP contribution in [0.5, 0.6) is 0 Å². The average Bonchev–Trinajstić information content (AvgIpc) is 2.97. The smallest absolute Gasteiger partial charge is 0.302 e. The van der Waals surface area contributed by atoms with Gasteiger partial charge in [-0.3, -0.25) is 9.59 Å². The van der Waals surface area contributed by atoms with Crippen molar-refractivity contribution in [1.29, 1.82) is 0 Å². The lowest BCUT2D eigenvalue weighted by molar-refractivity contribution is -0.143. The van der Waals surface area contributed by atoms with E-state index in [1.54, 1.807) is 0 Å². The molecule has 0 bridgehead atoms. The van der Waals surface area contributed by atoms with E-state index in [1.165, 1.54) is 38.2 Å². The van der Waals surface area contributed by atoms with Gasteiger partial charge in [-0.25, -0.2) is 0 Å². The van der Waals surface area contributed by atoms with Crippen molar-refractivity contribution in [2.45, 2.75) is 66.2 Å². The van der Waals surface area contributed by atoms with E-state index in [0.717, 1.165) is 6.42 Å². The fourth-order valence-electron chi connectivity index (χ4n) is 7.34. The number of allylic oxidation sites excluding steroid dienone is 4. The molecule has 27 heavy (non-hydrogen) atoms. The minimum absolute atomic E-state index is 0.167. The van der Waals surface area contributed by atoms with Crippen LogP contribution in [-0.4, -0.2) is 18.4 Å². The Morgan fingerprint density at radius 2 is 2.00 bits per heavy atom. The fourth-order valence-corrected chi connectivity index (χ4v) is 7.34. The van der Waals surface area contributed by atoms with Crippen molar-refractivity contribution in [3.8, 4) is 0 Å². The summed E-state index contributed by atoms with van der Waals surface area (Å²) in [5, 5.41) is 0. The molecule has 0 aromatic carbocycles. The number of esters is 1. The van der Waals surface area contributed by atoms with Gasteiger partial charge in [0, 0.05) is 13.3 Å². The van der Waals surface area contributed by atoms with Gasteiger partial charge in [0.15, 0.2) is 5.78 Å². The summed E-state index contributed by atoms with van der Waals surface area (Å²) in [7, 11) is 0. The number of rotatable bonds is 3. The molecule has 0 heterocycles. The number of ether oxygens (including phenoxy) is 1. The molecule has 148 valence electrons. The van der Waals surface area contributed by atoms with Crippen LogP contribution in [0.3, 0.4) is 0 Å². The Balaban J connectivity index is 1.59. The van der Waals surface area contributed by atoms with Gasteiger partial charge in [-0.05, 0) is 84.2 Å². The van der Waals surface area contributed by atoms with Gasteiger partial charge in [0.1, 0.15) is 0 Å². The summed E-state index contributed by atoms with van der Waals surface area (Å²) >= 11 is 0. The highest BCUT2D eigenvalue weighted by Gasteiger charge is 2.58. The number of hydrogen-bond acceptors (Lipinski definition) is 3. The molecule has 0 radical (unpaired) electrons. The Bertz CT molecular complexity index is 704. The molecule has 4 aliphatic carbocycles. The van der Waals surface area contributed by atoms with E-state index in [9.17, 15) is 9.59 Å². The van der Waals surface area contributed by atoms with Gasteiger partial charge >= 0.3 is 5.97 Å². The van der Waals surface area contributed by atoms with Crippen molar-refractivity contribution in [2.24, 2.45) is 40.4 Å². The van der Waals surface area contributed by atoms with Crippen LogP contribution in [0.4, 0.5) is 0 Å².